The molecule has 1 fully saturated rings. The number of hydrogen-bond acceptors (Lipinski definition) is 13. The van der Waals surface area contributed by atoms with Crippen LogP contribution in [0.25, 0.3) is 0 Å². The molecule has 44 heavy (non-hydrogen) atoms. The summed E-state index contributed by atoms with van der Waals surface area (Å²) in [5.41, 5.74) is -0.505. The number of aliphatic carboxylic acids is 2. The molecule has 1 saturated heterocycles. The van der Waals surface area contributed by atoms with Gasteiger partial charge < -0.3 is 49.0 Å². The number of piperidine rings is 1. The molecule has 0 saturated carbocycles. The minimum atomic E-state index is -2.14. The van der Waals surface area contributed by atoms with Gasteiger partial charge in [0.15, 0.2) is 17.6 Å². The van der Waals surface area contributed by atoms with E-state index in [0.717, 1.165) is 18.1 Å². The third-order valence-electron chi connectivity index (χ3n) is 8.90. The third kappa shape index (κ3) is 4.94. The lowest BCUT2D eigenvalue weighted by Gasteiger charge is -2.61. The van der Waals surface area contributed by atoms with Gasteiger partial charge in [0.1, 0.15) is 11.9 Å². The minimum Gasteiger partial charge on any atom is -0.493 e. The molecule has 2 aliphatic carbocycles. The number of methoxy groups -OCH3 is 1. The Kier molecular flexibility index (Phi) is 8.07. The standard InChI is InChI=1S/C29H33NO14/c1-13(31)26(37)43-18(27(38)42-17(25(35)36)11-20(32)33)12-21(34)41-16-6-7-29(39)19-10-14-4-5-15(40-3)23-22(14)28(29,24(16)44-23)8-9-30(19)2/h4-6,13,17-19,24,31,39H,7-12H2,1-3H3,(H,32,33)(H,35,36)/t13-,17+,18-,19?,24-,28-,29+/m0/s1. The lowest BCUT2D eigenvalue weighted by atomic mass is 9.50. The van der Waals surface area contributed by atoms with Crippen LogP contribution >= 0.6 is 0 Å². The molecule has 1 spiro atoms. The Morgan fingerprint density at radius 1 is 1.09 bits per heavy atom. The predicted octanol–water partition coefficient (Wildman–Crippen LogP) is -0.330. The molecular weight excluding hydrogens is 586 g/mol. The lowest BCUT2D eigenvalue weighted by Crippen LogP contribution is -2.74. The maximum absolute atomic E-state index is 13.2. The van der Waals surface area contributed by atoms with Crippen molar-refractivity contribution in [2.24, 2.45) is 0 Å². The van der Waals surface area contributed by atoms with E-state index in [0.29, 0.717) is 30.9 Å². The first-order valence-corrected chi connectivity index (χ1v) is 14.0. The van der Waals surface area contributed by atoms with Gasteiger partial charge in [0, 0.05) is 18.0 Å². The Hall–Kier alpha value is -4.21. The van der Waals surface area contributed by atoms with Crippen molar-refractivity contribution in [2.75, 3.05) is 20.7 Å². The smallest absolute Gasteiger partial charge is 0.348 e. The number of carboxylic acids is 2. The molecule has 4 N–H and O–H groups in total. The fourth-order valence-corrected chi connectivity index (χ4v) is 6.88. The van der Waals surface area contributed by atoms with E-state index in [9.17, 15) is 39.3 Å². The number of aliphatic hydroxyl groups excluding tert-OH is 1. The third-order valence-corrected chi connectivity index (χ3v) is 8.90. The zero-order valence-electron chi connectivity index (χ0n) is 24.2. The number of carbonyl (C=O) groups is 5. The number of nitrogens with zero attached hydrogens (tertiary/aromatic N) is 1. The number of likely N-dealkylation sites (N-methyl/N-ethyl adjacent to an activating group) is 1. The molecule has 2 bridgehead atoms. The van der Waals surface area contributed by atoms with Gasteiger partial charge in [-0.15, -0.1) is 0 Å². The maximum atomic E-state index is 13.2. The second-order valence-corrected chi connectivity index (χ2v) is 11.4. The second-order valence-electron chi connectivity index (χ2n) is 11.4. The Labute approximate surface area is 250 Å². The van der Waals surface area contributed by atoms with E-state index >= 15 is 0 Å². The first kappa shape index (κ1) is 31.2. The number of rotatable bonds is 11. The van der Waals surface area contributed by atoms with Gasteiger partial charge in [-0.1, -0.05) is 6.07 Å². The molecule has 0 aromatic heterocycles. The van der Waals surface area contributed by atoms with Crippen LogP contribution in [0, 0.1) is 0 Å². The summed E-state index contributed by atoms with van der Waals surface area (Å²) in [6.45, 7) is 1.66. The van der Waals surface area contributed by atoms with E-state index in [2.05, 4.69) is 4.90 Å². The number of carbonyl (C=O) groups excluding carboxylic acids is 3. The molecular formula is C29H33NO14. The molecule has 0 amide bonds. The minimum absolute atomic E-state index is 0.0531. The Bertz CT molecular complexity index is 1440. The molecule has 238 valence electrons. The molecule has 2 heterocycles. The topological polar surface area (TPSA) is 216 Å². The van der Waals surface area contributed by atoms with Crippen molar-refractivity contribution >= 4 is 29.8 Å². The second kappa shape index (κ2) is 11.4. The number of aliphatic hydroxyl groups is 2. The summed E-state index contributed by atoms with van der Waals surface area (Å²) in [6, 6.07) is 3.45. The van der Waals surface area contributed by atoms with Crippen LogP contribution < -0.4 is 9.47 Å². The van der Waals surface area contributed by atoms with Crippen LogP contribution in [0.15, 0.2) is 24.0 Å². The summed E-state index contributed by atoms with van der Waals surface area (Å²) in [4.78, 5) is 62.7. The summed E-state index contributed by atoms with van der Waals surface area (Å²) in [6.07, 6.45) is -6.27. The normalized spacial score (nSPS) is 28.2. The Morgan fingerprint density at radius 2 is 1.80 bits per heavy atom. The number of esters is 3. The predicted molar refractivity (Wildman–Crippen MR) is 144 cm³/mol. The van der Waals surface area contributed by atoms with Gasteiger partial charge in [0.25, 0.3) is 0 Å². The van der Waals surface area contributed by atoms with Gasteiger partial charge in [-0.05, 0) is 51.1 Å². The molecule has 4 aliphatic rings. The van der Waals surface area contributed by atoms with E-state index in [1.54, 1.807) is 12.1 Å². The average molecular weight is 620 g/mol. The quantitative estimate of drug-likeness (QED) is 0.184. The number of carboxylic acid groups (broad SMARTS) is 2. The van der Waals surface area contributed by atoms with Crippen molar-refractivity contribution in [2.45, 2.75) is 80.5 Å². The summed E-state index contributed by atoms with van der Waals surface area (Å²) < 4.78 is 27.3. The summed E-state index contributed by atoms with van der Waals surface area (Å²) in [5.74, 6) is -6.38. The average Bonchev–Trinajstić information content (AvgIpc) is 3.31. The maximum Gasteiger partial charge on any atom is 0.348 e. The van der Waals surface area contributed by atoms with Crippen LogP contribution in [0.2, 0.25) is 0 Å². The fraction of sp³-hybridized carbons (Fsp3) is 0.552. The van der Waals surface area contributed by atoms with Gasteiger partial charge >= 0.3 is 29.8 Å². The molecule has 15 nitrogen and oxygen atoms in total. The molecule has 7 atom stereocenters. The highest BCUT2D eigenvalue weighted by molar-refractivity contribution is 5.88. The fourth-order valence-electron chi connectivity index (χ4n) is 6.88. The Balaban J connectivity index is 1.42. The van der Waals surface area contributed by atoms with E-state index in [4.69, 9.17) is 28.8 Å². The van der Waals surface area contributed by atoms with Crippen molar-refractivity contribution in [1.29, 1.82) is 0 Å². The van der Waals surface area contributed by atoms with Gasteiger partial charge in [-0.2, -0.15) is 0 Å². The van der Waals surface area contributed by atoms with Crippen LogP contribution in [0.3, 0.4) is 0 Å². The summed E-state index contributed by atoms with van der Waals surface area (Å²) in [5, 5.41) is 40.0. The van der Waals surface area contributed by atoms with Gasteiger partial charge in [-0.3, -0.25) is 9.59 Å². The van der Waals surface area contributed by atoms with Crippen LogP contribution in [-0.2, 0) is 50.0 Å². The van der Waals surface area contributed by atoms with Gasteiger partial charge in [-0.25, -0.2) is 14.4 Å². The van der Waals surface area contributed by atoms with E-state index in [-0.39, 0.29) is 18.2 Å². The monoisotopic (exact) mass is 619 g/mol. The first-order chi connectivity index (χ1) is 20.7. The number of ether oxygens (including phenoxy) is 5. The highest BCUT2D eigenvalue weighted by Crippen LogP contribution is 2.65. The SMILES string of the molecule is COc1ccc2c3c1O[C@H]1C(OC(=O)C[C@H](OC(=O)[C@H](C)O)C(=O)O[C@H](CC(=O)O)C(=O)O)=CC[C@@]4(O)C(C2)N(C)CC[C@]314. The number of benzene rings is 1. The molecule has 1 aromatic rings. The highest BCUT2D eigenvalue weighted by Gasteiger charge is 2.72. The highest BCUT2D eigenvalue weighted by atomic mass is 16.6. The van der Waals surface area contributed by atoms with Crippen molar-refractivity contribution in [3.8, 4) is 11.5 Å². The molecule has 2 aliphatic heterocycles. The lowest BCUT2D eigenvalue weighted by molar-refractivity contribution is -0.184. The Morgan fingerprint density at radius 3 is 2.43 bits per heavy atom. The van der Waals surface area contributed by atoms with Gasteiger partial charge in [0.2, 0.25) is 12.2 Å². The van der Waals surface area contributed by atoms with Gasteiger partial charge in [0.05, 0.1) is 31.0 Å². The molecule has 15 heteroatoms. The largest absolute Gasteiger partial charge is 0.493 e. The molecule has 0 radical (unpaired) electrons. The van der Waals surface area contributed by atoms with Crippen LogP contribution in [0.5, 0.6) is 11.5 Å². The van der Waals surface area contributed by atoms with Crippen LogP contribution in [0.4, 0.5) is 0 Å². The molecule has 5 rings (SSSR count). The van der Waals surface area contributed by atoms with Crippen LogP contribution in [-0.4, -0.2) is 112 Å². The van der Waals surface area contributed by atoms with Crippen molar-refractivity contribution in [1.82, 2.24) is 4.90 Å². The summed E-state index contributed by atoms with van der Waals surface area (Å²) >= 11 is 0. The van der Waals surface area contributed by atoms with Crippen molar-refractivity contribution in [3.63, 3.8) is 0 Å². The van der Waals surface area contributed by atoms with Crippen LogP contribution in [0.1, 0.15) is 43.7 Å². The van der Waals surface area contributed by atoms with Crippen molar-refractivity contribution in [3.05, 3.63) is 35.1 Å². The zero-order valence-corrected chi connectivity index (χ0v) is 24.2. The zero-order chi connectivity index (χ0) is 32.1. The molecule has 1 unspecified atom stereocenters. The van der Waals surface area contributed by atoms with Crippen molar-refractivity contribution < 1.29 is 68.1 Å². The number of hydrogen-bond donors (Lipinski definition) is 4. The number of likely N-dealkylation sites (tertiary alicyclic amines) is 1. The molecule has 1 aromatic carbocycles. The summed E-state index contributed by atoms with van der Waals surface area (Å²) in [7, 11) is 3.43. The van der Waals surface area contributed by atoms with E-state index < -0.39 is 78.1 Å². The van der Waals surface area contributed by atoms with E-state index in [1.807, 2.05) is 13.1 Å². The first-order valence-electron chi connectivity index (χ1n) is 14.0. The van der Waals surface area contributed by atoms with E-state index in [1.165, 1.54) is 7.11 Å².